The standard InChI is InChI=1S/C27H29N5O4S/c1-5-23-28-15(2)26(37-23)27(35)32-10-9-18-16(14-32)7-6-8-19(18)20(13-24(33)34)17-11-21-25(22(12-17)36-4)31(3)30-29-21/h6-8,11-12,20H,5,9-10,13-14H2,1-4H3,(H,33,34)/t20-/m1/s1. The number of aliphatic carboxylic acids is 1. The highest BCUT2D eigenvalue weighted by Gasteiger charge is 2.29. The van der Waals surface area contributed by atoms with Gasteiger partial charge in [0.2, 0.25) is 0 Å². The third-order valence-electron chi connectivity index (χ3n) is 6.99. The molecule has 1 aliphatic heterocycles. The first-order chi connectivity index (χ1) is 17.8. The molecule has 0 spiro atoms. The number of hydrogen-bond donors (Lipinski definition) is 1. The minimum atomic E-state index is -0.888. The number of fused-ring (bicyclic) bond motifs is 2. The van der Waals surface area contributed by atoms with E-state index in [4.69, 9.17) is 4.74 Å². The van der Waals surface area contributed by atoms with Gasteiger partial charge in [0.05, 0.1) is 24.2 Å². The highest BCUT2D eigenvalue weighted by molar-refractivity contribution is 7.13. The third-order valence-corrected chi connectivity index (χ3v) is 8.28. The van der Waals surface area contributed by atoms with Gasteiger partial charge in [-0.25, -0.2) is 9.67 Å². The summed E-state index contributed by atoms with van der Waals surface area (Å²) in [6, 6.07) is 9.75. The van der Waals surface area contributed by atoms with E-state index in [1.165, 1.54) is 11.3 Å². The van der Waals surface area contributed by atoms with Crippen LogP contribution in [0.4, 0.5) is 0 Å². The lowest BCUT2D eigenvalue weighted by Gasteiger charge is -2.31. The van der Waals surface area contributed by atoms with Crippen LogP contribution in [-0.4, -0.2) is 55.5 Å². The molecule has 2 aromatic heterocycles. The molecule has 0 bridgehead atoms. The number of carboxylic acids is 1. The van der Waals surface area contributed by atoms with Crippen LogP contribution in [0.25, 0.3) is 11.0 Å². The number of amides is 1. The Kier molecular flexibility index (Phi) is 6.68. The largest absolute Gasteiger partial charge is 0.494 e. The number of hydrogen-bond acceptors (Lipinski definition) is 7. The van der Waals surface area contributed by atoms with E-state index in [2.05, 4.69) is 15.3 Å². The van der Waals surface area contributed by atoms with Crippen LogP contribution in [0.2, 0.25) is 0 Å². The van der Waals surface area contributed by atoms with E-state index in [-0.39, 0.29) is 12.3 Å². The number of benzene rings is 2. The van der Waals surface area contributed by atoms with E-state index in [1.807, 2.05) is 49.1 Å². The molecule has 192 valence electrons. The summed E-state index contributed by atoms with van der Waals surface area (Å²) in [5.41, 5.74) is 6.10. The van der Waals surface area contributed by atoms with Crippen LogP contribution in [0, 0.1) is 6.92 Å². The maximum absolute atomic E-state index is 13.3. The summed E-state index contributed by atoms with van der Waals surface area (Å²) in [5.74, 6) is -0.680. The molecule has 1 aliphatic rings. The lowest BCUT2D eigenvalue weighted by Crippen LogP contribution is -2.36. The van der Waals surface area contributed by atoms with Gasteiger partial charge in [-0.2, -0.15) is 0 Å². The van der Waals surface area contributed by atoms with Gasteiger partial charge in [0.25, 0.3) is 5.91 Å². The molecule has 3 heterocycles. The Morgan fingerprint density at radius 2 is 2.08 bits per heavy atom. The molecule has 2 aromatic carbocycles. The average Bonchev–Trinajstić information content (AvgIpc) is 3.47. The normalized spacial score (nSPS) is 14.0. The fourth-order valence-corrected chi connectivity index (χ4v) is 6.17. The summed E-state index contributed by atoms with van der Waals surface area (Å²) < 4.78 is 7.26. The van der Waals surface area contributed by atoms with E-state index in [9.17, 15) is 14.7 Å². The van der Waals surface area contributed by atoms with Crippen LogP contribution in [0.3, 0.4) is 0 Å². The van der Waals surface area contributed by atoms with Crippen LogP contribution in [0.1, 0.15) is 61.9 Å². The summed E-state index contributed by atoms with van der Waals surface area (Å²) in [7, 11) is 3.38. The Bertz CT molecular complexity index is 1510. The molecular formula is C27H29N5O4S. The number of ether oxygens (including phenoxy) is 1. The quantitative estimate of drug-likeness (QED) is 0.391. The summed E-state index contributed by atoms with van der Waals surface area (Å²) in [4.78, 5) is 32.4. The Morgan fingerprint density at radius 3 is 2.78 bits per heavy atom. The highest BCUT2D eigenvalue weighted by Crippen LogP contribution is 2.38. The molecule has 0 fully saturated rings. The Hall–Kier alpha value is -3.79. The second kappa shape index (κ2) is 9.93. The molecule has 9 nitrogen and oxygen atoms in total. The smallest absolute Gasteiger partial charge is 0.304 e. The van der Waals surface area contributed by atoms with Crippen molar-refractivity contribution in [2.45, 2.75) is 45.6 Å². The minimum absolute atomic E-state index is 0.00526. The van der Waals surface area contributed by atoms with Gasteiger partial charge >= 0.3 is 5.97 Å². The highest BCUT2D eigenvalue weighted by atomic mass is 32.1. The van der Waals surface area contributed by atoms with E-state index in [1.54, 1.807) is 18.8 Å². The molecule has 1 atom stereocenters. The minimum Gasteiger partial charge on any atom is -0.494 e. The third kappa shape index (κ3) is 4.57. The molecule has 0 unspecified atom stereocenters. The number of carbonyl (C=O) groups excluding carboxylic acids is 1. The van der Waals surface area contributed by atoms with Gasteiger partial charge in [-0.15, -0.1) is 16.4 Å². The van der Waals surface area contributed by atoms with Crippen LogP contribution in [0.5, 0.6) is 5.75 Å². The van der Waals surface area contributed by atoms with Gasteiger partial charge in [0.1, 0.15) is 21.7 Å². The van der Waals surface area contributed by atoms with Crippen molar-refractivity contribution < 1.29 is 19.4 Å². The molecule has 10 heteroatoms. The van der Waals surface area contributed by atoms with Crippen molar-refractivity contribution in [2.24, 2.45) is 7.05 Å². The number of thiazole rings is 1. The number of methoxy groups -OCH3 is 1. The van der Waals surface area contributed by atoms with Crippen LogP contribution >= 0.6 is 11.3 Å². The molecule has 1 amide bonds. The first kappa shape index (κ1) is 24.9. The lowest BCUT2D eigenvalue weighted by molar-refractivity contribution is -0.137. The number of carbonyl (C=O) groups is 2. The predicted octanol–water partition coefficient (Wildman–Crippen LogP) is 4.11. The SMILES string of the molecule is CCc1nc(C)c(C(=O)N2CCc3c(cccc3[C@H](CC(=O)O)c3cc(OC)c4c(c3)nnn4C)C2)s1. The van der Waals surface area contributed by atoms with Gasteiger partial charge in [0, 0.05) is 26.1 Å². The predicted molar refractivity (Wildman–Crippen MR) is 140 cm³/mol. The number of nitrogens with zero attached hydrogens (tertiary/aromatic N) is 5. The number of aromatic nitrogens is 4. The summed E-state index contributed by atoms with van der Waals surface area (Å²) in [5, 5.41) is 19.1. The summed E-state index contributed by atoms with van der Waals surface area (Å²) in [6.45, 7) is 4.97. The molecule has 4 aromatic rings. The van der Waals surface area contributed by atoms with Gasteiger partial charge in [-0.05, 0) is 54.2 Å². The van der Waals surface area contributed by atoms with Gasteiger partial charge in [-0.1, -0.05) is 30.3 Å². The summed E-state index contributed by atoms with van der Waals surface area (Å²) in [6.07, 6.45) is 1.38. The zero-order valence-electron chi connectivity index (χ0n) is 21.3. The second-order valence-electron chi connectivity index (χ2n) is 9.29. The van der Waals surface area contributed by atoms with Crippen molar-refractivity contribution in [1.82, 2.24) is 24.9 Å². The molecule has 5 rings (SSSR count). The van der Waals surface area contributed by atoms with Gasteiger partial charge in [0.15, 0.2) is 0 Å². The molecular weight excluding hydrogens is 490 g/mol. The number of rotatable bonds is 7. The number of aryl methyl sites for hydroxylation is 3. The Labute approximate surface area is 218 Å². The molecule has 0 aliphatic carbocycles. The Balaban J connectivity index is 1.52. The second-order valence-corrected chi connectivity index (χ2v) is 10.4. The molecule has 0 saturated heterocycles. The molecule has 37 heavy (non-hydrogen) atoms. The van der Waals surface area contributed by atoms with Gasteiger partial charge in [-0.3, -0.25) is 9.59 Å². The maximum atomic E-state index is 13.3. The van der Waals surface area contributed by atoms with E-state index in [0.29, 0.717) is 35.7 Å². The monoisotopic (exact) mass is 519 g/mol. The van der Waals surface area contributed by atoms with Crippen molar-refractivity contribution in [2.75, 3.05) is 13.7 Å². The van der Waals surface area contributed by atoms with Crippen molar-refractivity contribution in [3.05, 3.63) is 68.2 Å². The molecule has 0 saturated carbocycles. The molecule has 0 radical (unpaired) electrons. The van der Waals surface area contributed by atoms with E-state index < -0.39 is 11.9 Å². The van der Waals surface area contributed by atoms with Crippen LogP contribution < -0.4 is 4.74 Å². The van der Waals surface area contributed by atoms with E-state index >= 15 is 0 Å². The zero-order chi connectivity index (χ0) is 26.3. The Morgan fingerprint density at radius 1 is 1.27 bits per heavy atom. The first-order valence-electron chi connectivity index (χ1n) is 12.3. The first-order valence-corrected chi connectivity index (χ1v) is 13.1. The molecule has 1 N–H and O–H groups in total. The van der Waals surface area contributed by atoms with Crippen molar-refractivity contribution in [3.63, 3.8) is 0 Å². The fraction of sp³-hybridized carbons (Fsp3) is 0.370. The zero-order valence-corrected chi connectivity index (χ0v) is 22.1. The maximum Gasteiger partial charge on any atom is 0.304 e. The van der Waals surface area contributed by atoms with E-state index in [0.717, 1.165) is 44.9 Å². The average molecular weight is 520 g/mol. The summed E-state index contributed by atoms with van der Waals surface area (Å²) >= 11 is 1.47. The van der Waals surface area contributed by atoms with Crippen LogP contribution in [-0.2, 0) is 31.2 Å². The lowest BCUT2D eigenvalue weighted by atomic mass is 9.82. The van der Waals surface area contributed by atoms with Crippen LogP contribution in [0.15, 0.2) is 30.3 Å². The topological polar surface area (TPSA) is 110 Å². The van der Waals surface area contributed by atoms with Crippen molar-refractivity contribution in [1.29, 1.82) is 0 Å². The van der Waals surface area contributed by atoms with Gasteiger partial charge < -0.3 is 14.7 Å². The van der Waals surface area contributed by atoms with Crippen molar-refractivity contribution >= 4 is 34.2 Å². The van der Waals surface area contributed by atoms with Crippen molar-refractivity contribution in [3.8, 4) is 5.75 Å². The number of carboxylic acid groups (broad SMARTS) is 1. The fourth-order valence-electron chi connectivity index (χ4n) is 5.20.